The molecule has 0 N–H and O–H groups in total. The molecule has 1 saturated heterocycles. The molecular formula is C19H21N3O2S. The summed E-state index contributed by atoms with van der Waals surface area (Å²) in [5.41, 5.74) is 4.52. The van der Waals surface area contributed by atoms with Gasteiger partial charge in [-0.3, -0.25) is 0 Å². The van der Waals surface area contributed by atoms with Crippen LogP contribution in [0.5, 0.6) is 0 Å². The zero-order chi connectivity index (χ0) is 17.0. The van der Waals surface area contributed by atoms with E-state index in [0.29, 0.717) is 11.3 Å². The first-order valence-electron chi connectivity index (χ1n) is 9.09. The van der Waals surface area contributed by atoms with Crippen molar-refractivity contribution in [2.75, 3.05) is 0 Å². The van der Waals surface area contributed by atoms with Gasteiger partial charge in [-0.15, -0.1) is 0 Å². The fourth-order valence-corrected chi connectivity index (χ4v) is 6.64. The summed E-state index contributed by atoms with van der Waals surface area (Å²) in [4.78, 5) is 8.95. The van der Waals surface area contributed by atoms with Gasteiger partial charge in [-0.2, -0.15) is 4.31 Å². The summed E-state index contributed by atoms with van der Waals surface area (Å²) in [6.45, 7) is 0. The summed E-state index contributed by atoms with van der Waals surface area (Å²) >= 11 is 0. The highest BCUT2D eigenvalue weighted by molar-refractivity contribution is 7.89. The molecule has 2 aromatic rings. The van der Waals surface area contributed by atoms with Crippen molar-refractivity contribution in [1.29, 1.82) is 0 Å². The van der Waals surface area contributed by atoms with Crippen LogP contribution in [0.2, 0.25) is 0 Å². The number of benzene rings is 1. The van der Waals surface area contributed by atoms with Crippen LogP contribution in [0, 0.1) is 0 Å². The van der Waals surface area contributed by atoms with Gasteiger partial charge in [0, 0.05) is 24.2 Å². The Balaban J connectivity index is 1.57. The Labute approximate surface area is 148 Å². The fraction of sp³-hybridized carbons (Fsp3) is 0.474. The SMILES string of the molecule is O=S(=O)(c1ccc2c(c1)CCCC2)N1C2CCC1c1cncnc1C2. The van der Waals surface area contributed by atoms with Gasteiger partial charge in [-0.25, -0.2) is 18.4 Å². The number of rotatable bonds is 2. The molecular weight excluding hydrogens is 334 g/mol. The van der Waals surface area contributed by atoms with E-state index in [1.807, 2.05) is 12.1 Å². The predicted octanol–water partition coefficient (Wildman–Crippen LogP) is 2.81. The quantitative estimate of drug-likeness (QED) is 0.831. The van der Waals surface area contributed by atoms with Crippen molar-refractivity contribution in [3.05, 3.63) is 53.1 Å². The number of fused-ring (bicyclic) bond motifs is 5. The molecule has 0 spiro atoms. The molecule has 2 aliphatic heterocycles. The molecule has 6 heteroatoms. The number of aryl methyl sites for hydroxylation is 2. The maximum absolute atomic E-state index is 13.4. The van der Waals surface area contributed by atoms with Crippen molar-refractivity contribution in [2.45, 2.75) is 61.9 Å². The van der Waals surface area contributed by atoms with E-state index in [2.05, 4.69) is 9.97 Å². The zero-order valence-electron chi connectivity index (χ0n) is 14.1. The third-order valence-corrected chi connectivity index (χ3v) is 7.91. The summed E-state index contributed by atoms with van der Waals surface area (Å²) < 4.78 is 28.6. The molecule has 0 radical (unpaired) electrons. The van der Waals surface area contributed by atoms with Gasteiger partial charge in [0.05, 0.1) is 16.6 Å². The van der Waals surface area contributed by atoms with Gasteiger partial charge in [-0.05, 0) is 61.8 Å². The number of hydrogen-bond donors (Lipinski definition) is 0. The molecule has 3 heterocycles. The minimum absolute atomic E-state index is 0.0217. The standard InChI is InChI=1S/C19H21N3O2S/c23-25(24,16-7-5-13-3-1-2-4-14(13)9-16)22-15-6-8-19(22)17-11-20-12-21-18(17)10-15/h5,7,9,11-12,15,19H,1-4,6,8,10H2. The van der Waals surface area contributed by atoms with Crippen LogP contribution in [0.1, 0.15) is 54.1 Å². The first-order chi connectivity index (χ1) is 12.1. The van der Waals surface area contributed by atoms with E-state index in [4.69, 9.17) is 0 Å². The molecule has 1 aliphatic carbocycles. The van der Waals surface area contributed by atoms with Crippen LogP contribution in [-0.2, 0) is 29.3 Å². The fourth-order valence-electron chi connectivity index (χ4n) is 4.74. The Hall–Kier alpha value is -1.79. The molecule has 5 nitrogen and oxygen atoms in total. The average Bonchev–Trinajstić information content (AvgIpc) is 2.97. The van der Waals surface area contributed by atoms with Gasteiger partial charge in [0.2, 0.25) is 10.0 Å². The lowest BCUT2D eigenvalue weighted by Gasteiger charge is -2.34. The van der Waals surface area contributed by atoms with Crippen molar-refractivity contribution < 1.29 is 8.42 Å². The molecule has 130 valence electrons. The van der Waals surface area contributed by atoms with E-state index in [1.54, 1.807) is 22.9 Å². The summed E-state index contributed by atoms with van der Waals surface area (Å²) in [5, 5.41) is 0. The lowest BCUT2D eigenvalue weighted by Crippen LogP contribution is -2.42. The summed E-state index contributed by atoms with van der Waals surface area (Å²) in [6.07, 6.45) is 10.2. The Morgan fingerprint density at radius 3 is 2.80 bits per heavy atom. The molecule has 25 heavy (non-hydrogen) atoms. The van der Waals surface area contributed by atoms with Crippen LogP contribution < -0.4 is 0 Å². The second-order valence-electron chi connectivity index (χ2n) is 7.35. The summed E-state index contributed by atoms with van der Waals surface area (Å²) in [7, 11) is -3.50. The highest BCUT2D eigenvalue weighted by atomic mass is 32.2. The van der Waals surface area contributed by atoms with Gasteiger partial charge in [0.15, 0.2) is 0 Å². The maximum atomic E-state index is 13.4. The van der Waals surface area contributed by atoms with Gasteiger partial charge < -0.3 is 0 Å². The molecule has 1 fully saturated rings. The van der Waals surface area contributed by atoms with E-state index in [1.165, 1.54) is 17.5 Å². The summed E-state index contributed by atoms with van der Waals surface area (Å²) in [5.74, 6) is 0. The van der Waals surface area contributed by atoms with Crippen LogP contribution in [0.15, 0.2) is 35.6 Å². The second kappa shape index (κ2) is 5.61. The Morgan fingerprint density at radius 2 is 1.92 bits per heavy atom. The molecule has 1 aromatic carbocycles. The normalized spacial score (nSPS) is 25.4. The van der Waals surface area contributed by atoms with E-state index < -0.39 is 10.0 Å². The summed E-state index contributed by atoms with van der Waals surface area (Å²) in [6, 6.07) is 5.64. The second-order valence-corrected chi connectivity index (χ2v) is 9.19. The van der Waals surface area contributed by atoms with Gasteiger partial charge in [-0.1, -0.05) is 6.07 Å². The van der Waals surface area contributed by atoms with Crippen LogP contribution in [0.4, 0.5) is 0 Å². The molecule has 2 bridgehead atoms. The molecule has 5 rings (SSSR count). The van der Waals surface area contributed by atoms with Crippen molar-refractivity contribution in [1.82, 2.24) is 14.3 Å². The van der Waals surface area contributed by atoms with Gasteiger partial charge in [0.25, 0.3) is 0 Å². The molecule has 2 atom stereocenters. The topological polar surface area (TPSA) is 63.2 Å². The third kappa shape index (κ3) is 2.34. The zero-order valence-corrected chi connectivity index (χ0v) is 14.9. The minimum Gasteiger partial charge on any atom is -0.244 e. The number of hydrogen-bond acceptors (Lipinski definition) is 4. The van der Waals surface area contributed by atoms with Gasteiger partial charge in [0.1, 0.15) is 6.33 Å². The lowest BCUT2D eigenvalue weighted by molar-refractivity contribution is 0.300. The van der Waals surface area contributed by atoms with E-state index in [9.17, 15) is 8.42 Å². The number of aromatic nitrogens is 2. The minimum atomic E-state index is -3.50. The molecule has 0 amide bonds. The maximum Gasteiger partial charge on any atom is 0.243 e. The van der Waals surface area contributed by atoms with Crippen molar-refractivity contribution >= 4 is 10.0 Å². The predicted molar refractivity (Wildman–Crippen MR) is 93.6 cm³/mol. The smallest absolute Gasteiger partial charge is 0.243 e. The van der Waals surface area contributed by atoms with Crippen molar-refractivity contribution in [3.8, 4) is 0 Å². The Bertz CT molecular complexity index is 941. The van der Waals surface area contributed by atoms with Crippen LogP contribution in [-0.4, -0.2) is 28.7 Å². The number of sulfonamides is 1. The van der Waals surface area contributed by atoms with Crippen molar-refractivity contribution in [2.24, 2.45) is 0 Å². The molecule has 3 aliphatic rings. The highest BCUT2D eigenvalue weighted by Crippen LogP contribution is 2.46. The molecule has 1 aromatic heterocycles. The average molecular weight is 355 g/mol. The van der Waals surface area contributed by atoms with Gasteiger partial charge >= 0.3 is 0 Å². The van der Waals surface area contributed by atoms with E-state index >= 15 is 0 Å². The van der Waals surface area contributed by atoms with Crippen LogP contribution in [0.25, 0.3) is 0 Å². The molecule has 2 unspecified atom stereocenters. The van der Waals surface area contributed by atoms with E-state index in [-0.39, 0.29) is 12.1 Å². The van der Waals surface area contributed by atoms with Crippen LogP contribution >= 0.6 is 0 Å². The molecule has 0 saturated carbocycles. The van der Waals surface area contributed by atoms with Crippen LogP contribution in [0.3, 0.4) is 0 Å². The Morgan fingerprint density at radius 1 is 1.08 bits per heavy atom. The lowest BCUT2D eigenvalue weighted by atomic mass is 9.92. The first kappa shape index (κ1) is 15.5. The number of nitrogens with zero attached hydrogens (tertiary/aromatic N) is 3. The Kier molecular flexibility index (Phi) is 3.47. The first-order valence-corrected chi connectivity index (χ1v) is 10.5. The third-order valence-electron chi connectivity index (χ3n) is 5.95. The van der Waals surface area contributed by atoms with Crippen molar-refractivity contribution in [3.63, 3.8) is 0 Å². The highest BCUT2D eigenvalue weighted by Gasteiger charge is 2.47. The largest absolute Gasteiger partial charge is 0.244 e. The monoisotopic (exact) mass is 355 g/mol. The van der Waals surface area contributed by atoms with E-state index in [0.717, 1.165) is 43.4 Å².